The molecule has 0 saturated carbocycles. The van der Waals surface area contributed by atoms with E-state index in [1.807, 2.05) is 0 Å². The SMILES string of the molecule is O=CC(=O)c1cccc2nc(CO)[nH]c12. The molecule has 1 aromatic carbocycles. The van der Waals surface area contributed by atoms with Gasteiger partial charge in [0.1, 0.15) is 12.4 Å². The molecule has 5 nitrogen and oxygen atoms in total. The summed E-state index contributed by atoms with van der Waals surface area (Å²) in [6.45, 7) is -0.233. The molecule has 0 atom stereocenters. The van der Waals surface area contributed by atoms with Crippen LogP contribution in [0.25, 0.3) is 11.0 Å². The van der Waals surface area contributed by atoms with Crippen molar-refractivity contribution in [1.82, 2.24) is 9.97 Å². The number of Topliss-reactive ketones (excluding diaryl/α,β-unsaturated/α-hetero) is 1. The van der Waals surface area contributed by atoms with E-state index in [1.165, 1.54) is 0 Å². The third-order valence-corrected chi connectivity index (χ3v) is 2.09. The number of hydrogen-bond donors (Lipinski definition) is 2. The summed E-state index contributed by atoms with van der Waals surface area (Å²) in [5.41, 5.74) is 1.32. The highest BCUT2D eigenvalue weighted by Gasteiger charge is 2.11. The molecule has 5 heteroatoms. The maximum absolute atomic E-state index is 11.2. The van der Waals surface area contributed by atoms with Crippen LogP contribution >= 0.6 is 0 Å². The molecule has 0 spiro atoms. The van der Waals surface area contributed by atoms with E-state index >= 15 is 0 Å². The molecule has 0 radical (unpaired) electrons. The summed E-state index contributed by atoms with van der Waals surface area (Å²) >= 11 is 0. The lowest BCUT2D eigenvalue weighted by Gasteiger charge is -1.94. The predicted octanol–water partition coefficient (Wildman–Crippen LogP) is 0.437. The number of H-pyrrole nitrogens is 1. The molecule has 0 aliphatic heterocycles. The number of aldehydes is 1. The highest BCUT2D eigenvalue weighted by molar-refractivity contribution is 6.35. The minimum atomic E-state index is -0.603. The zero-order chi connectivity index (χ0) is 10.8. The first kappa shape index (κ1) is 9.54. The first-order chi connectivity index (χ1) is 7.26. The Morgan fingerprint density at radius 3 is 3.00 bits per heavy atom. The van der Waals surface area contributed by atoms with Gasteiger partial charge in [-0.2, -0.15) is 0 Å². The van der Waals surface area contributed by atoms with E-state index in [-0.39, 0.29) is 18.5 Å². The van der Waals surface area contributed by atoms with Crippen molar-refractivity contribution in [3.63, 3.8) is 0 Å². The molecule has 2 N–H and O–H groups in total. The fraction of sp³-hybridized carbons (Fsp3) is 0.100. The fourth-order valence-corrected chi connectivity index (χ4v) is 1.43. The number of nitrogens with one attached hydrogen (secondary N) is 1. The normalized spacial score (nSPS) is 10.5. The first-order valence-electron chi connectivity index (χ1n) is 4.34. The average molecular weight is 204 g/mol. The number of aliphatic hydroxyl groups is 1. The van der Waals surface area contributed by atoms with Crippen molar-refractivity contribution in [2.24, 2.45) is 0 Å². The van der Waals surface area contributed by atoms with Crippen LogP contribution in [0.5, 0.6) is 0 Å². The molecular formula is C10H8N2O3. The Hall–Kier alpha value is -2.01. The topological polar surface area (TPSA) is 83.1 Å². The number of rotatable bonds is 3. The Morgan fingerprint density at radius 2 is 2.33 bits per heavy atom. The van der Waals surface area contributed by atoms with Crippen molar-refractivity contribution in [2.45, 2.75) is 6.61 Å². The molecule has 0 aliphatic rings. The lowest BCUT2D eigenvalue weighted by Crippen LogP contribution is -2.00. The standard InChI is InChI=1S/C10H8N2O3/c13-4-8(15)6-2-1-3-7-10(6)12-9(5-14)11-7/h1-4,14H,5H2,(H,11,12). The van der Waals surface area contributed by atoms with Gasteiger partial charge in [0, 0.05) is 0 Å². The van der Waals surface area contributed by atoms with Crippen molar-refractivity contribution in [3.8, 4) is 0 Å². The maximum Gasteiger partial charge on any atom is 0.227 e. The minimum Gasteiger partial charge on any atom is -0.388 e. The summed E-state index contributed by atoms with van der Waals surface area (Å²) in [5, 5.41) is 8.88. The highest BCUT2D eigenvalue weighted by Crippen LogP contribution is 2.16. The van der Waals surface area contributed by atoms with Crippen molar-refractivity contribution < 1.29 is 14.7 Å². The maximum atomic E-state index is 11.2. The Labute approximate surface area is 84.8 Å². The van der Waals surface area contributed by atoms with Crippen LogP contribution in [0.1, 0.15) is 16.2 Å². The van der Waals surface area contributed by atoms with Crippen molar-refractivity contribution in [3.05, 3.63) is 29.6 Å². The molecule has 0 aliphatic carbocycles. The largest absolute Gasteiger partial charge is 0.388 e. The predicted molar refractivity (Wildman–Crippen MR) is 52.4 cm³/mol. The van der Waals surface area contributed by atoms with Crippen molar-refractivity contribution >= 4 is 23.1 Å². The number of ketones is 1. The van der Waals surface area contributed by atoms with Gasteiger partial charge in [-0.25, -0.2) is 4.98 Å². The van der Waals surface area contributed by atoms with Gasteiger partial charge in [-0.3, -0.25) is 9.59 Å². The van der Waals surface area contributed by atoms with E-state index in [0.717, 1.165) is 0 Å². The molecule has 0 saturated heterocycles. The van der Waals surface area contributed by atoms with Crippen LogP contribution in [0.2, 0.25) is 0 Å². The number of imidazole rings is 1. The van der Waals surface area contributed by atoms with Crippen LogP contribution < -0.4 is 0 Å². The molecule has 0 fully saturated rings. The third-order valence-electron chi connectivity index (χ3n) is 2.09. The van der Waals surface area contributed by atoms with Gasteiger partial charge in [0.25, 0.3) is 0 Å². The minimum absolute atomic E-state index is 0.233. The lowest BCUT2D eigenvalue weighted by atomic mass is 10.1. The quantitative estimate of drug-likeness (QED) is 0.431. The Balaban J connectivity index is 2.69. The molecule has 1 heterocycles. The molecule has 76 valence electrons. The van der Waals surface area contributed by atoms with E-state index in [1.54, 1.807) is 18.2 Å². The zero-order valence-electron chi connectivity index (χ0n) is 7.73. The second-order valence-corrected chi connectivity index (χ2v) is 3.02. The molecule has 1 aromatic heterocycles. The highest BCUT2D eigenvalue weighted by atomic mass is 16.3. The molecule has 0 amide bonds. The van der Waals surface area contributed by atoms with E-state index in [2.05, 4.69) is 9.97 Å². The van der Waals surface area contributed by atoms with Crippen LogP contribution in [0, 0.1) is 0 Å². The number of aliphatic hydroxyl groups excluding tert-OH is 1. The van der Waals surface area contributed by atoms with Crippen LogP contribution in [-0.4, -0.2) is 27.1 Å². The van der Waals surface area contributed by atoms with E-state index in [9.17, 15) is 9.59 Å². The fourth-order valence-electron chi connectivity index (χ4n) is 1.43. The van der Waals surface area contributed by atoms with E-state index in [4.69, 9.17) is 5.11 Å². The van der Waals surface area contributed by atoms with Gasteiger partial charge in [-0.05, 0) is 12.1 Å². The van der Waals surface area contributed by atoms with Gasteiger partial charge in [0.15, 0.2) is 6.29 Å². The average Bonchev–Trinajstić information content (AvgIpc) is 2.70. The molecular weight excluding hydrogens is 196 g/mol. The number of aromatic nitrogens is 2. The summed E-state index contributed by atoms with van der Waals surface area (Å²) in [7, 11) is 0. The summed E-state index contributed by atoms with van der Waals surface area (Å²) in [5.74, 6) is -0.232. The number of carbonyl (C=O) groups excluding carboxylic acids is 2. The smallest absolute Gasteiger partial charge is 0.227 e. The van der Waals surface area contributed by atoms with Crippen LogP contribution in [0.4, 0.5) is 0 Å². The second kappa shape index (κ2) is 3.62. The van der Waals surface area contributed by atoms with E-state index in [0.29, 0.717) is 16.9 Å². The van der Waals surface area contributed by atoms with Gasteiger partial charge in [0.05, 0.1) is 16.6 Å². The number of aromatic amines is 1. The summed E-state index contributed by atoms with van der Waals surface area (Å²) < 4.78 is 0. The summed E-state index contributed by atoms with van der Waals surface area (Å²) in [4.78, 5) is 28.5. The third kappa shape index (κ3) is 1.53. The zero-order valence-corrected chi connectivity index (χ0v) is 7.73. The number of fused-ring (bicyclic) bond motifs is 1. The monoisotopic (exact) mass is 204 g/mol. The van der Waals surface area contributed by atoms with E-state index < -0.39 is 5.78 Å². The van der Waals surface area contributed by atoms with Gasteiger partial charge >= 0.3 is 0 Å². The van der Waals surface area contributed by atoms with Crippen LogP contribution in [-0.2, 0) is 11.4 Å². The Morgan fingerprint density at radius 1 is 1.53 bits per heavy atom. The first-order valence-corrected chi connectivity index (χ1v) is 4.34. The van der Waals surface area contributed by atoms with Gasteiger partial charge in [0.2, 0.25) is 5.78 Å². The molecule has 0 bridgehead atoms. The van der Waals surface area contributed by atoms with Gasteiger partial charge in [-0.1, -0.05) is 6.07 Å². The molecule has 2 rings (SSSR count). The number of para-hydroxylation sites is 1. The van der Waals surface area contributed by atoms with Gasteiger partial charge < -0.3 is 10.1 Å². The van der Waals surface area contributed by atoms with Crippen molar-refractivity contribution in [2.75, 3.05) is 0 Å². The Kier molecular flexibility index (Phi) is 2.31. The second-order valence-electron chi connectivity index (χ2n) is 3.02. The van der Waals surface area contributed by atoms with Crippen LogP contribution in [0.3, 0.4) is 0 Å². The number of carbonyl (C=O) groups is 2. The number of hydrogen-bond acceptors (Lipinski definition) is 4. The molecule has 2 aromatic rings. The van der Waals surface area contributed by atoms with Crippen molar-refractivity contribution in [1.29, 1.82) is 0 Å². The summed E-state index contributed by atoms with van der Waals surface area (Å²) in [6.07, 6.45) is 0.258. The number of nitrogens with zero attached hydrogens (tertiary/aromatic N) is 1. The van der Waals surface area contributed by atoms with Gasteiger partial charge in [-0.15, -0.1) is 0 Å². The molecule has 15 heavy (non-hydrogen) atoms. The number of benzene rings is 1. The molecule has 0 unspecified atom stereocenters. The van der Waals surface area contributed by atoms with Crippen LogP contribution in [0.15, 0.2) is 18.2 Å². The summed E-state index contributed by atoms with van der Waals surface area (Å²) in [6, 6.07) is 4.88. The lowest BCUT2D eigenvalue weighted by molar-refractivity contribution is -0.104. The Bertz CT molecular complexity index is 530.